The molecule has 2 fully saturated rings. The molecule has 0 aromatic heterocycles. The predicted molar refractivity (Wildman–Crippen MR) is 171 cm³/mol. The third kappa shape index (κ3) is 16.5. The molecule has 2 amide bonds. The van der Waals surface area contributed by atoms with Gasteiger partial charge in [-0.15, -0.1) is 0 Å². The Hall–Kier alpha value is -2.58. The molecule has 3 atom stereocenters. The van der Waals surface area contributed by atoms with Crippen LogP contribution in [0.25, 0.3) is 0 Å². The van der Waals surface area contributed by atoms with Gasteiger partial charge in [-0.1, -0.05) is 19.3 Å². The fourth-order valence-corrected chi connectivity index (χ4v) is 7.09. The Morgan fingerprint density at radius 3 is 1.82 bits per heavy atom. The molecule has 0 bridgehead atoms. The molecular formula is C31H54N4O9S. The Morgan fingerprint density at radius 1 is 0.667 bits per heavy atom. The second-order valence-electron chi connectivity index (χ2n) is 11.5. The number of nitrogens with one attached hydrogen (secondary N) is 2. The second-order valence-corrected chi connectivity index (χ2v) is 12.8. The minimum Gasteiger partial charge on any atom is -0.469 e. The molecule has 0 aromatic rings. The molecule has 2 saturated heterocycles. The van der Waals surface area contributed by atoms with E-state index in [4.69, 9.17) is 18.9 Å². The van der Waals surface area contributed by atoms with Gasteiger partial charge in [-0.25, -0.2) is 4.79 Å². The molecule has 0 aliphatic carbocycles. The van der Waals surface area contributed by atoms with Crippen molar-refractivity contribution in [3.63, 3.8) is 0 Å². The van der Waals surface area contributed by atoms with Gasteiger partial charge in [-0.3, -0.25) is 19.2 Å². The molecule has 0 saturated carbocycles. The molecule has 258 valence electrons. The molecule has 2 N–H and O–H groups in total. The van der Waals surface area contributed by atoms with Gasteiger partial charge in [-0.05, 0) is 51.7 Å². The van der Waals surface area contributed by atoms with Crippen molar-refractivity contribution >= 4 is 41.7 Å². The van der Waals surface area contributed by atoms with Gasteiger partial charge in [-0.2, -0.15) is 11.8 Å². The van der Waals surface area contributed by atoms with Crippen molar-refractivity contribution in [1.29, 1.82) is 0 Å². The summed E-state index contributed by atoms with van der Waals surface area (Å²) in [5, 5.41) is 6.36. The van der Waals surface area contributed by atoms with Gasteiger partial charge in [0.05, 0.1) is 59.3 Å². The zero-order chi connectivity index (χ0) is 32.9. The second kappa shape index (κ2) is 22.8. The summed E-state index contributed by atoms with van der Waals surface area (Å²) < 4.78 is 19.7. The van der Waals surface area contributed by atoms with Crippen LogP contribution in [0.1, 0.15) is 77.0 Å². The van der Waals surface area contributed by atoms with Crippen LogP contribution in [-0.4, -0.2) is 130 Å². The highest BCUT2D eigenvalue weighted by Gasteiger charge is 2.42. The van der Waals surface area contributed by atoms with E-state index in [0.29, 0.717) is 50.9 Å². The summed E-state index contributed by atoms with van der Waals surface area (Å²) in [5.74, 6) is -0.0340. The third-order valence-electron chi connectivity index (χ3n) is 8.22. The molecule has 0 radical (unpaired) electrons. The van der Waals surface area contributed by atoms with Crippen LogP contribution in [0.4, 0.5) is 4.79 Å². The van der Waals surface area contributed by atoms with Crippen molar-refractivity contribution in [2.24, 2.45) is 0 Å². The smallest absolute Gasteiger partial charge is 0.315 e. The fraction of sp³-hybridized carbons (Fsp3) is 0.839. The number of amides is 2. The number of hydrogen-bond donors (Lipinski definition) is 2. The number of nitrogens with zero attached hydrogens (tertiary/aromatic N) is 2. The lowest BCUT2D eigenvalue weighted by molar-refractivity contribution is -0.144. The van der Waals surface area contributed by atoms with Gasteiger partial charge in [0, 0.05) is 37.1 Å². The average molecular weight is 659 g/mol. The number of hydrogen-bond acceptors (Lipinski definition) is 12. The van der Waals surface area contributed by atoms with E-state index in [1.165, 1.54) is 21.3 Å². The van der Waals surface area contributed by atoms with E-state index >= 15 is 0 Å². The number of ether oxygens (including phenoxy) is 4. The van der Waals surface area contributed by atoms with E-state index in [1.54, 1.807) is 0 Å². The topological polar surface area (TPSA) is 153 Å². The van der Waals surface area contributed by atoms with E-state index < -0.39 is 0 Å². The van der Waals surface area contributed by atoms with Crippen LogP contribution < -0.4 is 10.6 Å². The zero-order valence-corrected chi connectivity index (χ0v) is 28.2. The third-order valence-corrected chi connectivity index (χ3v) is 9.73. The van der Waals surface area contributed by atoms with Gasteiger partial charge in [0.1, 0.15) is 0 Å². The number of fused-ring (bicyclic) bond motifs is 1. The van der Waals surface area contributed by atoms with Gasteiger partial charge < -0.3 is 39.4 Å². The summed E-state index contributed by atoms with van der Waals surface area (Å²) in [6.45, 7) is 4.32. The number of urea groups is 1. The SMILES string of the molecule is COC(=O)CCN(CCCCCCOC(=O)CCCCC1SCC2NC(=O)NC21)CCCN(CCC(=O)OC)CCC(=O)OC. The largest absolute Gasteiger partial charge is 0.469 e. The summed E-state index contributed by atoms with van der Waals surface area (Å²) in [7, 11) is 4.11. The Morgan fingerprint density at radius 2 is 1.22 bits per heavy atom. The Kier molecular flexibility index (Phi) is 19.6. The van der Waals surface area contributed by atoms with Crippen LogP contribution in [0.3, 0.4) is 0 Å². The number of unbranched alkanes of at least 4 members (excludes halogenated alkanes) is 4. The molecule has 2 heterocycles. The van der Waals surface area contributed by atoms with E-state index in [1.807, 2.05) is 11.8 Å². The average Bonchev–Trinajstić information content (AvgIpc) is 3.60. The van der Waals surface area contributed by atoms with Crippen LogP contribution in [0, 0.1) is 0 Å². The molecule has 3 unspecified atom stereocenters. The van der Waals surface area contributed by atoms with Crippen LogP contribution in [-0.2, 0) is 38.1 Å². The first-order valence-electron chi connectivity index (χ1n) is 16.2. The Balaban J connectivity index is 1.58. The molecule has 0 aromatic carbocycles. The number of rotatable bonds is 25. The van der Waals surface area contributed by atoms with E-state index in [-0.39, 0.29) is 54.8 Å². The number of methoxy groups -OCH3 is 3. The normalized spacial score (nSPS) is 18.8. The zero-order valence-electron chi connectivity index (χ0n) is 27.4. The summed E-state index contributed by atoms with van der Waals surface area (Å²) in [4.78, 5) is 62.9. The highest BCUT2D eigenvalue weighted by atomic mass is 32.2. The van der Waals surface area contributed by atoms with Crippen molar-refractivity contribution in [2.75, 3.05) is 73.0 Å². The van der Waals surface area contributed by atoms with Crippen LogP contribution in [0.15, 0.2) is 0 Å². The molecular weight excluding hydrogens is 604 g/mol. The Bertz CT molecular complexity index is 905. The summed E-state index contributed by atoms with van der Waals surface area (Å²) >= 11 is 1.89. The van der Waals surface area contributed by atoms with Crippen molar-refractivity contribution in [1.82, 2.24) is 20.4 Å². The molecule has 2 aliphatic rings. The van der Waals surface area contributed by atoms with Crippen molar-refractivity contribution < 1.29 is 42.9 Å². The lowest BCUT2D eigenvalue weighted by atomic mass is 10.0. The van der Waals surface area contributed by atoms with Gasteiger partial charge in [0.2, 0.25) is 0 Å². The van der Waals surface area contributed by atoms with Crippen molar-refractivity contribution in [3.8, 4) is 0 Å². The lowest BCUT2D eigenvalue weighted by Gasteiger charge is -2.25. The van der Waals surface area contributed by atoms with Crippen LogP contribution >= 0.6 is 11.8 Å². The predicted octanol–water partition coefficient (Wildman–Crippen LogP) is 2.50. The molecule has 0 spiro atoms. The lowest BCUT2D eigenvalue weighted by Crippen LogP contribution is -2.36. The van der Waals surface area contributed by atoms with Gasteiger partial charge in [0.15, 0.2) is 0 Å². The van der Waals surface area contributed by atoms with Crippen LogP contribution in [0.5, 0.6) is 0 Å². The number of thioether (sulfide) groups is 1. The first-order chi connectivity index (χ1) is 21.7. The highest BCUT2D eigenvalue weighted by Crippen LogP contribution is 2.33. The maximum absolute atomic E-state index is 12.1. The molecule has 2 aliphatic heterocycles. The van der Waals surface area contributed by atoms with Crippen molar-refractivity contribution in [3.05, 3.63) is 0 Å². The van der Waals surface area contributed by atoms with Crippen LogP contribution in [0.2, 0.25) is 0 Å². The monoisotopic (exact) mass is 658 g/mol. The summed E-state index contributed by atoms with van der Waals surface area (Å²) in [5.41, 5.74) is 0. The van der Waals surface area contributed by atoms with Crippen molar-refractivity contribution in [2.45, 2.75) is 94.4 Å². The maximum Gasteiger partial charge on any atom is 0.315 e. The number of esters is 4. The van der Waals surface area contributed by atoms with E-state index in [2.05, 4.69) is 20.4 Å². The maximum atomic E-state index is 12.1. The molecule has 2 rings (SSSR count). The fourth-order valence-electron chi connectivity index (χ4n) is 5.55. The van der Waals surface area contributed by atoms with Gasteiger partial charge in [0.25, 0.3) is 0 Å². The highest BCUT2D eigenvalue weighted by molar-refractivity contribution is 8.00. The first kappa shape index (κ1) is 38.6. The first-order valence-corrected chi connectivity index (χ1v) is 17.3. The number of carbonyl (C=O) groups excluding carboxylic acids is 5. The molecule has 14 heteroatoms. The summed E-state index contributed by atoms with van der Waals surface area (Å²) in [6.07, 6.45) is 8.49. The van der Waals surface area contributed by atoms with E-state index in [0.717, 1.165) is 70.2 Å². The molecule has 45 heavy (non-hydrogen) atoms. The number of carbonyl (C=O) groups is 5. The van der Waals surface area contributed by atoms with Gasteiger partial charge >= 0.3 is 29.9 Å². The Labute approximate surface area is 272 Å². The van der Waals surface area contributed by atoms with E-state index in [9.17, 15) is 24.0 Å². The standard InChI is InChI=1S/C31H54N4O9S/c1-41-26(36)13-19-34(17-10-18-35(20-14-27(37)42-2)21-15-28(38)43-3)16-8-4-5-9-22-44-29(39)12-7-6-11-25-30-24(23-45-25)32-31(40)33-30/h24-25,30H,4-23H2,1-3H3,(H2,32,33,40). The minimum atomic E-state index is -0.292. The summed E-state index contributed by atoms with van der Waals surface area (Å²) in [6, 6.07) is 0.359. The molecule has 13 nitrogen and oxygen atoms in total. The minimum absolute atomic E-state index is 0.0724. The quantitative estimate of drug-likeness (QED) is 0.0642.